The minimum atomic E-state index is -0.0560. The van der Waals surface area contributed by atoms with Crippen molar-refractivity contribution in [1.82, 2.24) is 14.8 Å². The number of anilines is 1. The molecule has 0 atom stereocenters. The average molecular weight is 402 g/mol. The summed E-state index contributed by atoms with van der Waals surface area (Å²) in [5, 5.41) is 12.8. The first-order valence-corrected chi connectivity index (χ1v) is 10.0. The van der Waals surface area contributed by atoms with Gasteiger partial charge in [0.1, 0.15) is 11.3 Å². The lowest BCUT2D eigenvalue weighted by Crippen LogP contribution is -2.47. The van der Waals surface area contributed by atoms with Crippen LogP contribution in [0.1, 0.15) is 12.8 Å². The fourth-order valence-electron chi connectivity index (χ4n) is 3.71. The Labute approximate surface area is 171 Å². The summed E-state index contributed by atoms with van der Waals surface area (Å²) in [6, 6.07) is 5.53. The van der Waals surface area contributed by atoms with Gasteiger partial charge in [-0.1, -0.05) is 0 Å². The molecule has 1 aromatic carbocycles. The lowest BCUT2D eigenvalue weighted by molar-refractivity contribution is -0.116. The van der Waals surface area contributed by atoms with Gasteiger partial charge in [-0.15, -0.1) is 0 Å². The summed E-state index contributed by atoms with van der Waals surface area (Å²) in [5.74, 6) is 1.12. The van der Waals surface area contributed by atoms with Gasteiger partial charge in [0.05, 0.1) is 26.5 Å². The number of pyridine rings is 1. The summed E-state index contributed by atoms with van der Waals surface area (Å²) >= 11 is 0. The van der Waals surface area contributed by atoms with Crippen LogP contribution in [0.15, 0.2) is 24.4 Å². The average Bonchev–Trinajstić information content (AvgIpc) is 2.74. The van der Waals surface area contributed by atoms with E-state index in [1.54, 1.807) is 26.5 Å². The quantitative estimate of drug-likeness (QED) is 0.658. The number of β-amino-alcohol motifs (C(OH)–C–C–N with tert-alkyl or cyclic N) is 1. The largest absolute Gasteiger partial charge is 0.496 e. The summed E-state index contributed by atoms with van der Waals surface area (Å²) in [6.07, 6.45) is 2.91. The van der Waals surface area contributed by atoms with Crippen LogP contribution >= 0.6 is 0 Å². The van der Waals surface area contributed by atoms with E-state index in [0.717, 1.165) is 51.1 Å². The highest BCUT2D eigenvalue weighted by Crippen LogP contribution is 2.38. The summed E-state index contributed by atoms with van der Waals surface area (Å²) in [6.45, 7) is 5.72. The van der Waals surface area contributed by atoms with Crippen LogP contribution in [0.2, 0.25) is 0 Å². The Morgan fingerprint density at radius 1 is 1.17 bits per heavy atom. The predicted octanol–water partition coefficient (Wildman–Crippen LogP) is 1.58. The van der Waals surface area contributed by atoms with Gasteiger partial charge in [0.15, 0.2) is 5.75 Å². The number of fused-ring (bicyclic) bond motifs is 1. The number of carbonyl (C=O) groups excluding carboxylic acids is 1. The van der Waals surface area contributed by atoms with Gasteiger partial charge in [0, 0.05) is 56.8 Å². The first-order valence-electron chi connectivity index (χ1n) is 10.0. The third kappa shape index (κ3) is 5.35. The van der Waals surface area contributed by atoms with E-state index in [1.165, 1.54) is 0 Å². The Hall–Kier alpha value is -2.42. The molecule has 3 rings (SSSR count). The van der Waals surface area contributed by atoms with Gasteiger partial charge in [-0.05, 0) is 25.1 Å². The molecular formula is C21H30N4O4. The van der Waals surface area contributed by atoms with E-state index in [4.69, 9.17) is 14.6 Å². The number of amides is 1. The zero-order chi connectivity index (χ0) is 20.6. The van der Waals surface area contributed by atoms with Crippen molar-refractivity contribution in [2.75, 3.05) is 65.4 Å². The topological polar surface area (TPSA) is 87.2 Å². The van der Waals surface area contributed by atoms with Crippen LogP contribution in [0.3, 0.4) is 0 Å². The minimum Gasteiger partial charge on any atom is -0.496 e. The number of aliphatic hydroxyl groups is 1. The molecule has 8 heteroatoms. The van der Waals surface area contributed by atoms with Gasteiger partial charge in [-0.2, -0.15) is 0 Å². The Balaban J connectivity index is 1.56. The number of aromatic nitrogens is 1. The Bertz CT molecular complexity index is 822. The molecule has 8 nitrogen and oxygen atoms in total. The lowest BCUT2D eigenvalue weighted by Gasteiger charge is -2.34. The zero-order valence-corrected chi connectivity index (χ0v) is 17.2. The van der Waals surface area contributed by atoms with Gasteiger partial charge >= 0.3 is 0 Å². The van der Waals surface area contributed by atoms with Crippen molar-refractivity contribution < 1.29 is 19.4 Å². The highest BCUT2D eigenvalue weighted by molar-refractivity contribution is 6.00. The Morgan fingerprint density at radius 2 is 1.90 bits per heavy atom. The van der Waals surface area contributed by atoms with Crippen molar-refractivity contribution in [3.63, 3.8) is 0 Å². The van der Waals surface area contributed by atoms with E-state index in [9.17, 15) is 4.79 Å². The maximum absolute atomic E-state index is 12.5. The van der Waals surface area contributed by atoms with Crippen LogP contribution in [0.25, 0.3) is 10.9 Å². The van der Waals surface area contributed by atoms with Gasteiger partial charge in [-0.3, -0.25) is 14.7 Å². The van der Waals surface area contributed by atoms with E-state index in [-0.39, 0.29) is 12.5 Å². The smallest absolute Gasteiger partial charge is 0.224 e. The standard InChI is InChI=1S/C21H30N4O4/c1-28-18-15-17(21(29-2)20-16(18)5-3-7-22-20)23-19(27)6-4-8-24-9-11-25(12-10-24)13-14-26/h3,5,7,15,26H,4,6,8-14H2,1-2H3,(H,23,27). The molecular weight excluding hydrogens is 372 g/mol. The molecule has 158 valence electrons. The van der Waals surface area contributed by atoms with Crippen molar-refractivity contribution in [3.05, 3.63) is 24.4 Å². The van der Waals surface area contributed by atoms with Crippen molar-refractivity contribution >= 4 is 22.5 Å². The van der Waals surface area contributed by atoms with E-state index in [1.807, 2.05) is 12.1 Å². The van der Waals surface area contributed by atoms with Crippen LogP contribution in [0, 0.1) is 0 Å². The summed E-state index contributed by atoms with van der Waals surface area (Å²) in [5.41, 5.74) is 1.23. The van der Waals surface area contributed by atoms with Crippen molar-refractivity contribution in [1.29, 1.82) is 0 Å². The van der Waals surface area contributed by atoms with Crippen molar-refractivity contribution in [3.8, 4) is 11.5 Å². The minimum absolute atomic E-state index is 0.0560. The van der Waals surface area contributed by atoms with Gasteiger partial charge < -0.3 is 24.8 Å². The molecule has 0 bridgehead atoms. The molecule has 1 amide bonds. The first-order chi connectivity index (χ1) is 14.2. The molecule has 2 heterocycles. The van der Waals surface area contributed by atoms with E-state index < -0.39 is 0 Å². The molecule has 1 saturated heterocycles. The molecule has 0 spiro atoms. The van der Waals surface area contributed by atoms with Gasteiger partial charge in [0.2, 0.25) is 5.91 Å². The maximum atomic E-state index is 12.5. The number of methoxy groups -OCH3 is 2. The van der Waals surface area contributed by atoms with Crippen molar-refractivity contribution in [2.24, 2.45) is 0 Å². The number of aliphatic hydroxyl groups excluding tert-OH is 1. The molecule has 1 aromatic heterocycles. The number of carbonyl (C=O) groups is 1. The molecule has 2 aromatic rings. The van der Waals surface area contributed by atoms with Crippen LogP contribution in [-0.2, 0) is 4.79 Å². The predicted molar refractivity (Wildman–Crippen MR) is 113 cm³/mol. The Kier molecular flexibility index (Phi) is 7.62. The number of piperazine rings is 1. The number of nitrogens with zero attached hydrogens (tertiary/aromatic N) is 3. The molecule has 1 aliphatic heterocycles. The molecule has 0 aliphatic carbocycles. The first kappa shape index (κ1) is 21.3. The number of nitrogens with one attached hydrogen (secondary N) is 1. The number of rotatable bonds is 9. The number of hydrogen-bond acceptors (Lipinski definition) is 7. The molecule has 0 unspecified atom stereocenters. The van der Waals surface area contributed by atoms with Gasteiger partial charge in [0.25, 0.3) is 0 Å². The Morgan fingerprint density at radius 3 is 2.55 bits per heavy atom. The molecule has 29 heavy (non-hydrogen) atoms. The number of ether oxygens (including phenoxy) is 2. The second-order valence-electron chi connectivity index (χ2n) is 7.12. The number of benzene rings is 1. The van der Waals surface area contributed by atoms with E-state index in [2.05, 4.69) is 20.1 Å². The maximum Gasteiger partial charge on any atom is 0.224 e. The molecule has 1 aliphatic rings. The molecule has 0 saturated carbocycles. The third-order valence-electron chi connectivity index (χ3n) is 5.27. The zero-order valence-electron chi connectivity index (χ0n) is 17.2. The highest BCUT2D eigenvalue weighted by Gasteiger charge is 2.18. The SMILES string of the molecule is COc1cc(NC(=O)CCCN2CCN(CCO)CC2)c(OC)c2ncccc12. The second-order valence-corrected chi connectivity index (χ2v) is 7.12. The third-order valence-corrected chi connectivity index (χ3v) is 5.27. The summed E-state index contributed by atoms with van der Waals surface area (Å²) in [4.78, 5) is 21.5. The van der Waals surface area contributed by atoms with Crippen LogP contribution < -0.4 is 14.8 Å². The normalized spacial score (nSPS) is 15.4. The summed E-state index contributed by atoms with van der Waals surface area (Å²) in [7, 11) is 3.17. The lowest BCUT2D eigenvalue weighted by atomic mass is 10.1. The number of hydrogen-bond donors (Lipinski definition) is 2. The van der Waals surface area contributed by atoms with Crippen LogP contribution in [-0.4, -0.2) is 85.9 Å². The molecule has 1 fully saturated rings. The summed E-state index contributed by atoms with van der Waals surface area (Å²) < 4.78 is 11.0. The van der Waals surface area contributed by atoms with E-state index in [0.29, 0.717) is 29.1 Å². The molecule has 0 radical (unpaired) electrons. The van der Waals surface area contributed by atoms with E-state index >= 15 is 0 Å². The van der Waals surface area contributed by atoms with Crippen LogP contribution in [0.5, 0.6) is 11.5 Å². The monoisotopic (exact) mass is 402 g/mol. The second kappa shape index (κ2) is 10.4. The fourth-order valence-corrected chi connectivity index (χ4v) is 3.71. The molecule has 2 N–H and O–H groups in total. The highest BCUT2D eigenvalue weighted by atomic mass is 16.5. The van der Waals surface area contributed by atoms with Crippen LogP contribution in [0.4, 0.5) is 5.69 Å². The van der Waals surface area contributed by atoms with Gasteiger partial charge in [-0.25, -0.2) is 0 Å². The fraction of sp³-hybridized carbons (Fsp3) is 0.524. The van der Waals surface area contributed by atoms with Crippen molar-refractivity contribution in [2.45, 2.75) is 12.8 Å².